The smallest absolute Gasteiger partial charge is 0.262 e. The summed E-state index contributed by atoms with van der Waals surface area (Å²) in [5, 5.41) is 4.18. The van der Waals surface area contributed by atoms with Crippen LogP contribution in [0.5, 0.6) is 11.5 Å². The number of ether oxygens (including phenoxy) is 2. The van der Waals surface area contributed by atoms with Gasteiger partial charge in [0.25, 0.3) is 5.56 Å². The molecule has 0 saturated carbocycles. The van der Waals surface area contributed by atoms with Crippen LogP contribution in [0.1, 0.15) is 19.9 Å². The fourth-order valence-corrected chi connectivity index (χ4v) is 4.13. The van der Waals surface area contributed by atoms with Crippen molar-refractivity contribution < 1.29 is 14.3 Å². The highest BCUT2D eigenvalue weighted by Crippen LogP contribution is 2.36. The zero-order valence-corrected chi connectivity index (χ0v) is 18.6. The summed E-state index contributed by atoms with van der Waals surface area (Å²) in [6.07, 6.45) is 0. The lowest BCUT2D eigenvalue weighted by Gasteiger charge is -2.16. The number of rotatable bonds is 7. The van der Waals surface area contributed by atoms with Crippen molar-refractivity contribution >= 4 is 45.9 Å². The molecule has 0 saturated heterocycles. The molecule has 3 aromatic rings. The molecule has 1 heterocycles. The molecule has 2 aromatic carbocycles. The van der Waals surface area contributed by atoms with Gasteiger partial charge in [0.2, 0.25) is 5.91 Å². The molecule has 7 nitrogen and oxygen atoms in total. The Labute approximate surface area is 183 Å². The highest BCUT2D eigenvalue weighted by molar-refractivity contribution is 7.99. The highest BCUT2D eigenvalue weighted by Gasteiger charge is 2.17. The van der Waals surface area contributed by atoms with Crippen LogP contribution >= 0.6 is 23.4 Å². The first-order chi connectivity index (χ1) is 14.3. The van der Waals surface area contributed by atoms with E-state index in [1.165, 1.54) is 26.0 Å². The van der Waals surface area contributed by atoms with Crippen LogP contribution in [0.15, 0.2) is 46.3 Å². The molecule has 0 atom stereocenters. The molecule has 0 unspecified atom stereocenters. The Morgan fingerprint density at radius 3 is 2.57 bits per heavy atom. The van der Waals surface area contributed by atoms with Crippen molar-refractivity contribution in [3.05, 3.63) is 51.8 Å². The van der Waals surface area contributed by atoms with Crippen LogP contribution in [0.4, 0.5) is 5.69 Å². The first-order valence-corrected chi connectivity index (χ1v) is 10.6. The number of hydrogen-bond acceptors (Lipinski definition) is 6. The van der Waals surface area contributed by atoms with Gasteiger partial charge in [0.05, 0.1) is 41.6 Å². The first-order valence-electron chi connectivity index (χ1n) is 9.21. The van der Waals surface area contributed by atoms with E-state index in [-0.39, 0.29) is 23.3 Å². The van der Waals surface area contributed by atoms with Crippen molar-refractivity contribution in [2.45, 2.75) is 25.0 Å². The molecule has 0 bridgehead atoms. The lowest BCUT2D eigenvalue weighted by Crippen LogP contribution is -2.25. The topological polar surface area (TPSA) is 82.5 Å². The maximum atomic E-state index is 12.9. The van der Waals surface area contributed by atoms with E-state index in [1.807, 2.05) is 26.0 Å². The molecule has 1 aromatic heterocycles. The molecule has 158 valence electrons. The van der Waals surface area contributed by atoms with E-state index in [0.29, 0.717) is 38.3 Å². The van der Waals surface area contributed by atoms with Crippen LogP contribution in [0.25, 0.3) is 10.9 Å². The molecule has 0 aliphatic heterocycles. The van der Waals surface area contributed by atoms with Gasteiger partial charge in [-0.25, -0.2) is 4.98 Å². The number of carbonyl (C=O) groups excluding carboxylic acids is 1. The summed E-state index contributed by atoms with van der Waals surface area (Å²) in [5.41, 5.74) is 0.912. The first kappa shape index (κ1) is 22.0. The number of halogens is 1. The van der Waals surface area contributed by atoms with Gasteiger partial charge in [0, 0.05) is 12.1 Å². The van der Waals surface area contributed by atoms with E-state index in [1.54, 1.807) is 28.8 Å². The van der Waals surface area contributed by atoms with Crippen LogP contribution < -0.4 is 20.3 Å². The predicted molar refractivity (Wildman–Crippen MR) is 120 cm³/mol. The number of carbonyl (C=O) groups is 1. The minimum Gasteiger partial charge on any atom is -0.495 e. The van der Waals surface area contributed by atoms with Crippen molar-refractivity contribution in [1.29, 1.82) is 0 Å². The van der Waals surface area contributed by atoms with E-state index in [2.05, 4.69) is 10.3 Å². The fourth-order valence-electron chi connectivity index (χ4n) is 2.96. The molecule has 1 amide bonds. The van der Waals surface area contributed by atoms with Crippen LogP contribution in [0.2, 0.25) is 5.02 Å². The van der Waals surface area contributed by atoms with Crippen molar-refractivity contribution in [2.24, 2.45) is 0 Å². The lowest BCUT2D eigenvalue weighted by molar-refractivity contribution is -0.113. The average Bonchev–Trinajstić information content (AvgIpc) is 2.72. The largest absolute Gasteiger partial charge is 0.495 e. The number of nitrogens with one attached hydrogen (secondary N) is 1. The van der Waals surface area contributed by atoms with Gasteiger partial charge in [-0.1, -0.05) is 35.5 Å². The van der Waals surface area contributed by atoms with Gasteiger partial charge in [0.15, 0.2) is 5.16 Å². The number of fused-ring (bicyclic) bond motifs is 1. The predicted octanol–water partition coefficient (Wildman–Crippen LogP) is 4.38. The zero-order valence-electron chi connectivity index (χ0n) is 17.1. The quantitative estimate of drug-likeness (QED) is 0.427. The van der Waals surface area contributed by atoms with E-state index < -0.39 is 0 Å². The Bertz CT molecular complexity index is 1150. The molecule has 30 heavy (non-hydrogen) atoms. The third-order valence-corrected chi connectivity index (χ3v) is 5.62. The number of thioether (sulfide) groups is 1. The molecular formula is C21H22ClN3O4S. The second-order valence-electron chi connectivity index (χ2n) is 6.70. The van der Waals surface area contributed by atoms with Gasteiger partial charge in [-0.3, -0.25) is 14.2 Å². The number of para-hydroxylation sites is 1. The van der Waals surface area contributed by atoms with Gasteiger partial charge in [-0.05, 0) is 32.0 Å². The third kappa shape index (κ3) is 4.55. The molecule has 0 radical (unpaired) electrons. The maximum absolute atomic E-state index is 12.9. The average molecular weight is 448 g/mol. The van der Waals surface area contributed by atoms with Crippen molar-refractivity contribution in [1.82, 2.24) is 9.55 Å². The molecule has 3 rings (SSSR count). The number of hydrogen-bond donors (Lipinski definition) is 1. The van der Waals surface area contributed by atoms with Gasteiger partial charge in [-0.15, -0.1) is 0 Å². The van der Waals surface area contributed by atoms with Gasteiger partial charge in [-0.2, -0.15) is 0 Å². The Morgan fingerprint density at radius 1 is 1.20 bits per heavy atom. The highest BCUT2D eigenvalue weighted by atomic mass is 35.5. The third-order valence-electron chi connectivity index (χ3n) is 4.37. The SMILES string of the molecule is COc1cc(OC)c(NC(=O)CSc2nc3ccccc3c(=O)n2C(C)C)cc1Cl. The monoisotopic (exact) mass is 447 g/mol. The van der Waals surface area contributed by atoms with Crippen LogP contribution in [-0.4, -0.2) is 35.4 Å². The summed E-state index contributed by atoms with van der Waals surface area (Å²) in [6, 6.07) is 10.3. The molecule has 0 aliphatic rings. The van der Waals surface area contributed by atoms with E-state index in [0.717, 1.165) is 0 Å². The second-order valence-corrected chi connectivity index (χ2v) is 8.05. The summed E-state index contributed by atoms with van der Waals surface area (Å²) in [4.78, 5) is 30.0. The van der Waals surface area contributed by atoms with Crippen molar-refractivity contribution in [3.8, 4) is 11.5 Å². The van der Waals surface area contributed by atoms with Gasteiger partial charge in [0.1, 0.15) is 11.5 Å². The molecule has 0 aliphatic carbocycles. The summed E-state index contributed by atoms with van der Waals surface area (Å²) < 4.78 is 12.1. The molecular weight excluding hydrogens is 426 g/mol. The Kier molecular flexibility index (Phi) is 6.89. The Hall–Kier alpha value is -2.71. The molecule has 0 fully saturated rings. The maximum Gasteiger partial charge on any atom is 0.262 e. The van der Waals surface area contributed by atoms with Crippen LogP contribution in [0.3, 0.4) is 0 Å². The van der Waals surface area contributed by atoms with E-state index in [4.69, 9.17) is 21.1 Å². The standard InChI is InChI=1S/C21H22ClN3O4S/c1-12(2)25-20(27)13-7-5-6-8-15(13)24-21(25)30-11-19(26)23-16-9-14(22)17(28-3)10-18(16)29-4/h5-10,12H,11H2,1-4H3,(H,23,26). The summed E-state index contributed by atoms with van der Waals surface area (Å²) in [5.74, 6) is 0.654. The summed E-state index contributed by atoms with van der Waals surface area (Å²) in [7, 11) is 2.99. The van der Waals surface area contributed by atoms with Crippen molar-refractivity contribution in [2.75, 3.05) is 25.3 Å². The number of nitrogens with zero attached hydrogens (tertiary/aromatic N) is 2. The fraction of sp³-hybridized carbons (Fsp3) is 0.286. The van der Waals surface area contributed by atoms with Gasteiger partial charge < -0.3 is 14.8 Å². The second kappa shape index (κ2) is 9.40. The van der Waals surface area contributed by atoms with Crippen LogP contribution in [-0.2, 0) is 4.79 Å². The van der Waals surface area contributed by atoms with Gasteiger partial charge >= 0.3 is 0 Å². The Balaban J connectivity index is 1.83. The Morgan fingerprint density at radius 2 is 1.90 bits per heavy atom. The normalized spacial score (nSPS) is 11.0. The summed E-state index contributed by atoms with van der Waals surface area (Å²) >= 11 is 7.36. The number of benzene rings is 2. The van der Waals surface area contributed by atoms with Crippen molar-refractivity contribution in [3.63, 3.8) is 0 Å². The number of aromatic nitrogens is 2. The lowest BCUT2D eigenvalue weighted by atomic mass is 10.2. The zero-order chi connectivity index (χ0) is 21.8. The molecule has 9 heteroatoms. The number of amides is 1. The number of methoxy groups -OCH3 is 2. The molecule has 1 N–H and O–H groups in total. The minimum absolute atomic E-state index is 0.0598. The molecule has 0 spiro atoms. The van der Waals surface area contributed by atoms with E-state index >= 15 is 0 Å². The van der Waals surface area contributed by atoms with Crippen LogP contribution in [0, 0.1) is 0 Å². The number of anilines is 1. The minimum atomic E-state index is -0.280. The summed E-state index contributed by atoms with van der Waals surface area (Å²) in [6.45, 7) is 3.82. The van der Waals surface area contributed by atoms with E-state index in [9.17, 15) is 9.59 Å².